The Morgan fingerprint density at radius 3 is 2.09 bits per heavy atom. The highest BCUT2D eigenvalue weighted by Gasteiger charge is 2.64. The van der Waals surface area contributed by atoms with Gasteiger partial charge >= 0.3 is 0 Å². The van der Waals surface area contributed by atoms with Gasteiger partial charge in [-0.25, -0.2) is 0 Å². The van der Waals surface area contributed by atoms with Crippen molar-refractivity contribution in [2.75, 3.05) is 0 Å². The maximum atomic E-state index is 2.56. The molecule has 0 aliphatic heterocycles. The fourth-order valence-corrected chi connectivity index (χ4v) is 10.6. The lowest BCUT2D eigenvalue weighted by Gasteiger charge is -2.26. The molecule has 1 heteroatoms. The van der Waals surface area contributed by atoms with Crippen molar-refractivity contribution in [1.82, 2.24) is 0 Å². The first-order valence-corrected chi connectivity index (χ1v) is 12.3. The topological polar surface area (TPSA) is 0 Å². The lowest BCUT2D eigenvalue weighted by molar-refractivity contribution is 0.318. The highest BCUT2D eigenvalue weighted by atomic mass is 28.2. The zero-order valence-corrected chi connectivity index (χ0v) is 16.4. The van der Waals surface area contributed by atoms with Crippen LogP contribution in [0, 0.1) is 23.7 Å². The molecule has 0 aromatic rings. The highest BCUT2D eigenvalue weighted by Crippen LogP contribution is 2.75. The third kappa shape index (κ3) is 3.35. The third-order valence-corrected chi connectivity index (χ3v) is 11.7. The Morgan fingerprint density at radius 2 is 1.45 bits per heavy atom. The van der Waals surface area contributed by atoms with Gasteiger partial charge in [-0.05, 0) is 48.0 Å². The molecule has 0 radical (unpaired) electrons. The van der Waals surface area contributed by atoms with E-state index >= 15 is 0 Å². The van der Waals surface area contributed by atoms with E-state index in [4.69, 9.17) is 0 Å². The van der Waals surface area contributed by atoms with Crippen LogP contribution < -0.4 is 0 Å². The van der Waals surface area contributed by atoms with E-state index in [-0.39, 0.29) is 9.52 Å². The first-order valence-electron chi connectivity index (χ1n) is 10.8. The Balaban J connectivity index is 1.36. The fourth-order valence-electron chi connectivity index (χ4n) is 6.63. The lowest BCUT2D eigenvalue weighted by Crippen LogP contribution is -2.18. The van der Waals surface area contributed by atoms with Crippen LogP contribution in [0.2, 0.25) is 10.6 Å². The van der Waals surface area contributed by atoms with Gasteiger partial charge in [0, 0.05) is 9.52 Å². The summed E-state index contributed by atoms with van der Waals surface area (Å²) >= 11 is 0. The molecule has 4 aliphatic carbocycles. The molecule has 4 fully saturated rings. The molecule has 0 aromatic carbocycles. The van der Waals surface area contributed by atoms with Gasteiger partial charge in [0.25, 0.3) is 0 Å². The van der Waals surface area contributed by atoms with Gasteiger partial charge < -0.3 is 0 Å². The van der Waals surface area contributed by atoms with Crippen molar-refractivity contribution in [2.24, 2.45) is 23.7 Å². The molecule has 4 rings (SSSR count). The van der Waals surface area contributed by atoms with E-state index < -0.39 is 0 Å². The summed E-state index contributed by atoms with van der Waals surface area (Å²) in [6.07, 6.45) is 22.2. The van der Waals surface area contributed by atoms with Crippen molar-refractivity contribution < 1.29 is 0 Å². The van der Waals surface area contributed by atoms with Crippen LogP contribution in [-0.2, 0) is 0 Å². The summed E-state index contributed by atoms with van der Waals surface area (Å²) in [5, 5.41) is 0.992. The zero-order chi connectivity index (χ0) is 15.0. The van der Waals surface area contributed by atoms with Crippen LogP contribution in [0.5, 0.6) is 0 Å². The third-order valence-electron chi connectivity index (χ3n) is 8.11. The largest absolute Gasteiger partial charge is 0.0622 e. The van der Waals surface area contributed by atoms with Crippen LogP contribution in [0.15, 0.2) is 0 Å². The molecule has 0 N–H and O–H groups in total. The van der Waals surface area contributed by atoms with Gasteiger partial charge in [-0.2, -0.15) is 0 Å². The molecule has 0 nitrogen and oxygen atoms in total. The average Bonchev–Trinajstić information content (AvgIpc) is 3.41. The Kier molecular flexibility index (Phi) is 4.73. The van der Waals surface area contributed by atoms with Gasteiger partial charge in [0.15, 0.2) is 0 Å². The molecule has 0 heterocycles. The molecular weight excluding hydrogens is 280 g/mol. The summed E-state index contributed by atoms with van der Waals surface area (Å²) in [5.74, 6) is 4.66. The highest BCUT2D eigenvalue weighted by molar-refractivity contribution is 6.44. The predicted molar refractivity (Wildman–Crippen MR) is 99.3 cm³/mol. The summed E-state index contributed by atoms with van der Waals surface area (Å²) in [4.78, 5) is 0. The molecule has 0 spiro atoms. The molecule has 22 heavy (non-hydrogen) atoms. The Morgan fingerprint density at radius 1 is 0.864 bits per heavy atom. The molecule has 126 valence electrons. The molecule has 4 aliphatic rings. The molecular formula is C21H38Si. The van der Waals surface area contributed by atoms with Crippen LogP contribution in [0.1, 0.15) is 96.8 Å². The minimum absolute atomic E-state index is 0.172. The molecule has 0 aromatic heterocycles. The maximum Gasteiger partial charge on any atom is 0.0310 e. The van der Waals surface area contributed by atoms with Gasteiger partial charge in [-0.15, -0.1) is 0 Å². The summed E-state index contributed by atoms with van der Waals surface area (Å²) < 4.78 is 0. The van der Waals surface area contributed by atoms with Crippen LogP contribution >= 0.6 is 0 Å². The molecule has 0 bridgehead atoms. The van der Waals surface area contributed by atoms with E-state index in [0.29, 0.717) is 0 Å². The van der Waals surface area contributed by atoms with Gasteiger partial charge in [0.05, 0.1) is 0 Å². The van der Waals surface area contributed by atoms with E-state index in [0.717, 1.165) is 16.9 Å². The smallest absolute Gasteiger partial charge is 0.0310 e. The monoisotopic (exact) mass is 318 g/mol. The van der Waals surface area contributed by atoms with Crippen molar-refractivity contribution in [3.05, 3.63) is 0 Å². The van der Waals surface area contributed by atoms with Crippen LogP contribution in [0.4, 0.5) is 0 Å². The SMILES string of the molecule is CC1CC1[C@]1([SiH2]C2CCCCCC2)CC1CC1CCCCC1. The Hall–Kier alpha value is 0.217. The van der Waals surface area contributed by atoms with Gasteiger partial charge in [0.2, 0.25) is 0 Å². The summed E-state index contributed by atoms with van der Waals surface area (Å²) in [6, 6.07) is 0. The minimum atomic E-state index is 0.172. The summed E-state index contributed by atoms with van der Waals surface area (Å²) in [5.41, 5.74) is 1.24. The summed E-state index contributed by atoms with van der Waals surface area (Å²) in [6.45, 7) is 2.56. The quantitative estimate of drug-likeness (QED) is 0.424. The number of rotatable bonds is 5. The zero-order valence-electron chi connectivity index (χ0n) is 15.0. The average molecular weight is 319 g/mol. The second-order valence-electron chi connectivity index (χ2n) is 9.76. The second-order valence-corrected chi connectivity index (χ2v) is 12.6. The standard InChI is InChI=1S/C21H38Si/c1-16-13-20(16)21(22-19-11-7-2-3-8-12-19)15-18(21)14-17-9-5-4-6-10-17/h16-20H,2-15,22H2,1H3/t16?,18?,20?,21-/m0/s1. The van der Waals surface area contributed by atoms with E-state index in [2.05, 4.69) is 6.92 Å². The first-order chi connectivity index (χ1) is 10.8. The molecule has 0 saturated heterocycles. The first kappa shape index (κ1) is 15.7. The minimum Gasteiger partial charge on any atom is -0.0622 e. The van der Waals surface area contributed by atoms with Crippen LogP contribution in [0.3, 0.4) is 0 Å². The van der Waals surface area contributed by atoms with Gasteiger partial charge in [-0.1, -0.05) is 83.1 Å². The van der Waals surface area contributed by atoms with E-state index in [9.17, 15) is 0 Å². The molecule has 4 saturated carbocycles. The molecule has 4 atom stereocenters. The Labute approximate surface area is 141 Å². The van der Waals surface area contributed by atoms with Gasteiger partial charge in [-0.3, -0.25) is 0 Å². The predicted octanol–water partition coefficient (Wildman–Crippen LogP) is 6.10. The Bertz CT molecular complexity index is 364. The normalized spacial score (nSPS) is 44.3. The number of hydrogen-bond donors (Lipinski definition) is 0. The van der Waals surface area contributed by atoms with Crippen molar-refractivity contribution >= 4 is 9.52 Å². The van der Waals surface area contributed by atoms with Gasteiger partial charge in [0.1, 0.15) is 0 Å². The maximum absolute atomic E-state index is 2.56. The summed E-state index contributed by atoms with van der Waals surface area (Å²) in [7, 11) is 0.172. The van der Waals surface area contributed by atoms with Crippen LogP contribution in [-0.4, -0.2) is 9.52 Å². The van der Waals surface area contributed by atoms with Crippen molar-refractivity contribution in [2.45, 2.75) is 107 Å². The number of hydrogen-bond acceptors (Lipinski definition) is 0. The van der Waals surface area contributed by atoms with E-state index in [1.807, 2.05) is 0 Å². The van der Waals surface area contributed by atoms with E-state index in [1.54, 1.807) is 83.5 Å². The van der Waals surface area contributed by atoms with Crippen molar-refractivity contribution in [1.29, 1.82) is 0 Å². The van der Waals surface area contributed by atoms with Crippen molar-refractivity contribution in [3.8, 4) is 0 Å². The molecule has 0 amide bonds. The molecule has 3 unspecified atom stereocenters. The lowest BCUT2D eigenvalue weighted by atomic mass is 9.85. The van der Waals surface area contributed by atoms with E-state index in [1.165, 1.54) is 23.8 Å². The fraction of sp³-hybridized carbons (Fsp3) is 1.00. The van der Waals surface area contributed by atoms with Crippen LogP contribution in [0.25, 0.3) is 0 Å². The van der Waals surface area contributed by atoms with Crippen molar-refractivity contribution in [3.63, 3.8) is 0 Å². The second kappa shape index (κ2) is 6.61.